The summed E-state index contributed by atoms with van der Waals surface area (Å²) in [5.74, 6) is 0.690. The molecule has 1 aromatic carbocycles. The highest BCUT2D eigenvalue weighted by Crippen LogP contribution is 2.49. The van der Waals surface area contributed by atoms with Crippen molar-refractivity contribution >= 4 is 5.97 Å². The summed E-state index contributed by atoms with van der Waals surface area (Å²) in [6.45, 7) is 0.256. The lowest BCUT2D eigenvalue weighted by molar-refractivity contribution is -0.138. The first-order chi connectivity index (χ1) is 7.25. The normalized spacial score (nSPS) is 26.4. The van der Waals surface area contributed by atoms with Crippen molar-refractivity contribution in [2.45, 2.75) is 12.3 Å². The van der Waals surface area contributed by atoms with Crippen molar-refractivity contribution < 1.29 is 19.4 Å². The van der Waals surface area contributed by atoms with E-state index in [0.29, 0.717) is 0 Å². The Morgan fingerprint density at radius 2 is 2.13 bits per heavy atom. The van der Waals surface area contributed by atoms with Crippen molar-refractivity contribution in [1.82, 2.24) is 0 Å². The molecule has 4 nitrogen and oxygen atoms in total. The maximum absolute atomic E-state index is 10.7. The molecule has 0 bridgehead atoms. The molecular formula is C11H10O4. The summed E-state index contributed by atoms with van der Waals surface area (Å²) in [4.78, 5) is 10.7. The van der Waals surface area contributed by atoms with Crippen LogP contribution in [0, 0.1) is 5.92 Å². The predicted molar refractivity (Wildman–Crippen MR) is 51.0 cm³/mol. The second kappa shape index (κ2) is 2.89. The summed E-state index contributed by atoms with van der Waals surface area (Å²) in [6, 6.07) is 5.64. The van der Waals surface area contributed by atoms with Gasteiger partial charge in [-0.15, -0.1) is 0 Å². The Labute approximate surface area is 86.4 Å². The number of aliphatic carboxylic acids is 1. The number of ether oxygens (including phenoxy) is 2. The van der Waals surface area contributed by atoms with Crippen molar-refractivity contribution in [2.75, 3.05) is 6.79 Å². The Morgan fingerprint density at radius 3 is 2.87 bits per heavy atom. The minimum Gasteiger partial charge on any atom is -0.481 e. The Bertz CT molecular complexity index is 427. The fraction of sp³-hybridized carbons (Fsp3) is 0.364. The molecule has 0 radical (unpaired) electrons. The highest BCUT2D eigenvalue weighted by atomic mass is 16.7. The van der Waals surface area contributed by atoms with Gasteiger partial charge in [0, 0.05) is 0 Å². The van der Waals surface area contributed by atoms with Crippen molar-refractivity contribution in [3.8, 4) is 11.5 Å². The maximum Gasteiger partial charge on any atom is 0.307 e. The molecule has 0 saturated heterocycles. The molecule has 1 fully saturated rings. The molecule has 0 aromatic heterocycles. The molecule has 1 aliphatic heterocycles. The second-order valence-electron chi connectivity index (χ2n) is 3.90. The average molecular weight is 206 g/mol. The quantitative estimate of drug-likeness (QED) is 0.798. The second-order valence-corrected chi connectivity index (χ2v) is 3.90. The number of carbonyl (C=O) groups is 1. The van der Waals surface area contributed by atoms with Gasteiger partial charge in [0.2, 0.25) is 6.79 Å². The largest absolute Gasteiger partial charge is 0.481 e. The van der Waals surface area contributed by atoms with E-state index < -0.39 is 5.97 Å². The van der Waals surface area contributed by atoms with E-state index in [1.54, 1.807) is 0 Å². The highest BCUT2D eigenvalue weighted by molar-refractivity contribution is 5.75. The zero-order chi connectivity index (χ0) is 10.4. The first-order valence-electron chi connectivity index (χ1n) is 4.88. The van der Waals surface area contributed by atoms with Gasteiger partial charge in [0.15, 0.2) is 11.5 Å². The minimum absolute atomic E-state index is 0.150. The summed E-state index contributed by atoms with van der Waals surface area (Å²) < 4.78 is 10.4. The van der Waals surface area contributed by atoms with Gasteiger partial charge in [-0.3, -0.25) is 4.79 Å². The number of hydrogen-bond donors (Lipinski definition) is 1. The lowest BCUT2D eigenvalue weighted by Crippen LogP contribution is -1.98. The fourth-order valence-electron chi connectivity index (χ4n) is 1.98. The van der Waals surface area contributed by atoms with Crippen LogP contribution in [0.3, 0.4) is 0 Å². The van der Waals surface area contributed by atoms with Crippen molar-refractivity contribution in [2.24, 2.45) is 5.92 Å². The Morgan fingerprint density at radius 1 is 1.33 bits per heavy atom. The van der Waals surface area contributed by atoms with E-state index in [1.165, 1.54) is 0 Å². The van der Waals surface area contributed by atoms with Crippen LogP contribution >= 0.6 is 0 Å². The third-order valence-electron chi connectivity index (χ3n) is 2.93. The molecule has 1 aliphatic carbocycles. The molecule has 0 spiro atoms. The molecule has 78 valence electrons. The molecule has 4 heteroatoms. The number of rotatable bonds is 2. The van der Waals surface area contributed by atoms with Gasteiger partial charge in [0.25, 0.3) is 0 Å². The molecule has 1 N–H and O–H groups in total. The summed E-state index contributed by atoms with van der Waals surface area (Å²) in [7, 11) is 0. The molecule has 15 heavy (non-hydrogen) atoms. The molecule has 1 aromatic rings. The van der Waals surface area contributed by atoms with E-state index in [2.05, 4.69) is 0 Å². The monoisotopic (exact) mass is 206 g/mol. The minimum atomic E-state index is -0.710. The van der Waals surface area contributed by atoms with Gasteiger partial charge in [-0.25, -0.2) is 0 Å². The van der Waals surface area contributed by atoms with Gasteiger partial charge in [-0.05, 0) is 30.0 Å². The smallest absolute Gasteiger partial charge is 0.307 e. The maximum atomic E-state index is 10.7. The standard InChI is InChI=1S/C11H10O4/c12-11(13)8-4-7(8)6-1-2-9-10(3-6)15-5-14-9/h1-3,7-8H,4-5H2,(H,12,13)/t7-,8+/m0/s1. The van der Waals surface area contributed by atoms with E-state index in [-0.39, 0.29) is 18.6 Å². The van der Waals surface area contributed by atoms with Crippen LogP contribution in [0.1, 0.15) is 17.9 Å². The first kappa shape index (κ1) is 8.59. The Kier molecular flexibility index (Phi) is 1.65. The van der Waals surface area contributed by atoms with Crippen molar-refractivity contribution in [3.05, 3.63) is 23.8 Å². The molecule has 1 saturated carbocycles. The number of fused-ring (bicyclic) bond motifs is 1. The summed E-state index contributed by atoms with van der Waals surface area (Å²) >= 11 is 0. The van der Waals surface area contributed by atoms with Gasteiger partial charge < -0.3 is 14.6 Å². The molecule has 3 rings (SSSR count). The summed E-state index contributed by atoms with van der Waals surface area (Å²) in [5, 5.41) is 8.82. The Hall–Kier alpha value is -1.71. The van der Waals surface area contributed by atoms with Crippen LogP contribution in [0.2, 0.25) is 0 Å². The number of carboxylic acid groups (broad SMARTS) is 1. The Balaban J connectivity index is 1.86. The molecule has 0 amide bonds. The lowest BCUT2D eigenvalue weighted by atomic mass is 10.1. The molecule has 2 aliphatic rings. The third kappa shape index (κ3) is 1.33. The van der Waals surface area contributed by atoms with Crippen LogP contribution in [0.15, 0.2) is 18.2 Å². The molecule has 1 heterocycles. The SMILES string of the molecule is O=C(O)[C@@H]1C[C@H]1c1ccc2c(c1)OCO2. The van der Waals surface area contributed by atoms with Crippen molar-refractivity contribution in [1.29, 1.82) is 0 Å². The summed E-state index contributed by atoms with van der Waals surface area (Å²) in [5.41, 5.74) is 1.03. The van der Waals surface area contributed by atoms with E-state index in [1.807, 2.05) is 18.2 Å². The van der Waals surface area contributed by atoms with E-state index in [9.17, 15) is 4.79 Å². The van der Waals surface area contributed by atoms with Gasteiger partial charge in [-0.1, -0.05) is 6.07 Å². The average Bonchev–Trinajstić information content (AvgIpc) is 2.89. The number of carboxylic acids is 1. The number of benzene rings is 1. The third-order valence-corrected chi connectivity index (χ3v) is 2.93. The van der Waals surface area contributed by atoms with Crippen LogP contribution < -0.4 is 9.47 Å². The van der Waals surface area contributed by atoms with Gasteiger partial charge in [-0.2, -0.15) is 0 Å². The molecule has 2 atom stereocenters. The van der Waals surface area contributed by atoms with E-state index in [0.717, 1.165) is 23.5 Å². The van der Waals surface area contributed by atoms with E-state index in [4.69, 9.17) is 14.6 Å². The highest BCUT2D eigenvalue weighted by Gasteiger charge is 2.44. The van der Waals surface area contributed by atoms with Crippen LogP contribution in [-0.2, 0) is 4.79 Å². The number of hydrogen-bond acceptors (Lipinski definition) is 3. The first-order valence-corrected chi connectivity index (χ1v) is 4.88. The van der Waals surface area contributed by atoms with Gasteiger partial charge in [0.1, 0.15) is 0 Å². The predicted octanol–water partition coefficient (Wildman–Crippen LogP) is 1.60. The van der Waals surface area contributed by atoms with Crippen LogP contribution in [0.4, 0.5) is 0 Å². The van der Waals surface area contributed by atoms with Crippen molar-refractivity contribution in [3.63, 3.8) is 0 Å². The lowest BCUT2D eigenvalue weighted by Gasteiger charge is -2.00. The summed E-state index contributed by atoms with van der Waals surface area (Å²) in [6.07, 6.45) is 0.731. The van der Waals surface area contributed by atoms with Crippen LogP contribution in [-0.4, -0.2) is 17.9 Å². The van der Waals surface area contributed by atoms with Gasteiger partial charge in [0.05, 0.1) is 5.92 Å². The fourth-order valence-corrected chi connectivity index (χ4v) is 1.98. The zero-order valence-electron chi connectivity index (χ0n) is 7.97. The molecular weight excluding hydrogens is 196 g/mol. The van der Waals surface area contributed by atoms with E-state index >= 15 is 0 Å². The zero-order valence-corrected chi connectivity index (χ0v) is 7.97. The van der Waals surface area contributed by atoms with Gasteiger partial charge >= 0.3 is 5.97 Å². The van der Waals surface area contributed by atoms with Crippen LogP contribution in [0.5, 0.6) is 11.5 Å². The van der Waals surface area contributed by atoms with Crippen LogP contribution in [0.25, 0.3) is 0 Å². The topological polar surface area (TPSA) is 55.8 Å². The molecule has 0 unspecified atom stereocenters.